The van der Waals surface area contributed by atoms with Gasteiger partial charge in [0, 0.05) is 12.4 Å². The van der Waals surface area contributed by atoms with E-state index in [1.807, 2.05) is 54.1 Å². The van der Waals surface area contributed by atoms with Gasteiger partial charge in [-0.15, -0.1) is 0 Å². The molecular weight excluding hydrogens is 332 g/mol. The van der Waals surface area contributed by atoms with Gasteiger partial charge in [0.1, 0.15) is 5.58 Å². The lowest BCUT2D eigenvalue weighted by atomic mass is 10.2. The monoisotopic (exact) mass is 342 g/mol. The number of aryl methyl sites for hydroxylation is 1. The minimum atomic E-state index is -0.403. The highest BCUT2D eigenvalue weighted by Gasteiger charge is 2.13. The van der Waals surface area contributed by atoms with Gasteiger partial charge in [0.05, 0.1) is 15.2 Å². The summed E-state index contributed by atoms with van der Waals surface area (Å²) < 4.78 is 8.37. The second-order valence-corrected chi connectivity index (χ2v) is 6.51. The number of hydrogen-bond acceptors (Lipinski definition) is 3. The van der Waals surface area contributed by atoms with E-state index < -0.39 is 5.91 Å². The molecule has 0 radical (unpaired) electrons. The first kappa shape index (κ1) is 14.2. The number of carbonyl (C=O) groups is 1. The molecule has 1 amide bonds. The second-order valence-electron chi connectivity index (χ2n) is 5.10. The van der Waals surface area contributed by atoms with E-state index >= 15 is 0 Å². The molecule has 4 nitrogen and oxygen atoms in total. The summed E-state index contributed by atoms with van der Waals surface area (Å²) in [7, 11) is 1.84. The van der Waals surface area contributed by atoms with Crippen LogP contribution in [0.15, 0.2) is 57.9 Å². The molecule has 6 heteroatoms. The molecule has 4 rings (SSSR count). The van der Waals surface area contributed by atoms with E-state index in [1.165, 1.54) is 11.3 Å². The largest absolute Gasteiger partial charge is 0.451 e. The molecule has 0 aliphatic rings. The first-order valence-electron chi connectivity index (χ1n) is 6.95. The van der Waals surface area contributed by atoms with Gasteiger partial charge in [-0.3, -0.25) is 4.79 Å². The molecule has 0 fully saturated rings. The van der Waals surface area contributed by atoms with E-state index in [9.17, 15) is 4.79 Å². The fourth-order valence-corrected chi connectivity index (χ4v) is 3.89. The van der Waals surface area contributed by atoms with Crippen LogP contribution in [-0.2, 0) is 7.05 Å². The van der Waals surface area contributed by atoms with Crippen molar-refractivity contribution in [2.75, 3.05) is 0 Å². The van der Waals surface area contributed by atoms with Gasteiger partial charge in [-0.1, -0.05) is 47.2 Å². The van der Waals surface area contributed by atoms with Crippen molar-refractivity contribution in [2.24, 2.45) is 12.0 Å². The number of nitrogens with zero attached hydrogens (tertiary/aromatic N) is 2. The van der Waals surface area contributed by atoms with Crippen LogP contribution in [0.3, 0.4) is 0 Å². The van der Waals surface area contributed by atoms with Gasteiger partial charge in [0.2, 0.25) is 0 Å². The van der Waals surface area contributed by atoms with Gasteiger partial charge < -0.3 is 8.98 Å². The summed E-state index contributed by atoms with van der Waals surface area (Å²) in [6.45, 7) is 0. The number of aromatic nitrogens is 1. The maximum absolute atomic E-state index is 12.4. The predicted octanol–water partition coefficient (Wildman–Crippen LogP) is 4.38. The van der Waals surface area contributed by atoms with Gasteiger partial charge in [-0.05, 0) is 24.3 Å². The molecule has 0 bridgehead atoms. The quantitative estimate of drug-likeness (QED) is 0.515. The zero-order valence-electron chi connectivity index (χ0n) is 12.1. The standard InChI is InChI=1S/C17H11ClN2O2S/c1-20-15-11(18)6-4-8-14(15)23-17(20)19-16(21)13-9-10-5-2-3-7-12(10)22-13/h2-9H,1H3. The molecule has 0 aliphatic heterocycles. The van der Waals surface area contributed by atoms with Gasteiger partial charge in [-0.25, -0.2) is 0 Å². The summed E-state index contributed by atoms with van der Waals surface area (Å²) in [5, 5.41) is 1.52. The topological polar surface area (TPSA) is 47.5 Å². The van der Waals surface area contributed by atoms with Crippen LogP contribution in [-0.4, -0.2) is 10.5 Å². The molecule has 2 aromatic heterocycles. The number of fused-ring (bicyclic) bond motifs is 2. The maximum Gasteiger partial charge on any atom is 0.315 e. The lowest BCUT2D eigenvalue weighted by molar-refractivity contribution is 0.0973. The number of furan rings is 1. The highest BCUT2D eigenvalue weighted by atomic mass is 35.5. The molecule has 23 heavy (non-hydrogen) atoms. The normalized spacial score (nSPS) is 12.3. The number of amides is 1. The fraction of sp³-hybridized carbons (Fsp3) is 0.0588. The Balaban J connectivity index is 1.85. The van der Waals surface area contributed by atoms with Gasteiger partial charge in [0.15, 0.2) is 10.6 Å². The molecule has 0 atom stereocenters. The zero-order chi connectivity index (χ0) is 16.0. The third-order valence-corrected chi connectivity index (χ3v) is 5.01. The lowest BCUT2D eigenvalue weighted by Gasteiger charge is -1.97. The van der Waals surface area contributed by atoms with Crippen LogP contribution >= 0.6 is 22.9 Å². The molecule has 0 spiro atoms. The van der Waals surface area contributed by atoms with Crippen molar-refractivity contribution in [2.45, 2.75) is 0 Å². The van der Waals surface area contributed by atoms with E-state index in [0.29, 0.717) is 15.4 Å². The van der Waals surface area contributed by atoms with Crippen molar-refractivity contribution in [3.63, 3.8) is 0 Å². The Morgan fingerprint density at radius 1 is 1.22 bits per heavy atom. The van der Waals surface area contributed by atoms with Crippen LogP contribution < -0.4 is 4.80 Å². The second kappa shape index (κ2) is 5.37. The summed E-state index contributed by atoms with van der Waals surface area (Å²) >= 11 is 7.64. The van der Waals surface area contributed by atoms with Crippen LogP contribution in [0.25, 0.3) is 21.2 Å². The predicted molar refractivity (Wildman–Crippen MR) is 91.9 cm³/mol. The van der Waals surface area contributed by atoms with Crippen molar-refractivity contribution in [3.05, 3.63) is 64.1 Å². The highest BCUT2D eigenvalue weighted by Crippen LogP contribution is 2.24. The molecule has 2 aromatic carbocycles. The molecule has 0 N–H and O–H groups in total. The SMILES string of the molecule is Cn1c(=NC(=O)c2cc3ccccc3o2)sc2cccc(Cl)c21. The van der Waals surface area contributed by atoms with Crippen LogP contribution in [0.5, 0.6) is 0 Å². The molecule has 0 saturated heterocycles. The molecule has 2 heterocycles. The number of halogens is 1. The van der Waals surface area contributed by atoms with E-state index in [2.05, 4.69) is 4.99 Å². The van der Waals surface area contributed by atoms with E-state index in [4.69, 9.17) is 16.0 Å². The van der Waals surface area contributed by atoms with Gasteiger partial charge >= 0.3 is 5.91 Å². The Morgan fingerprint density at radius 2 is 2.04 bits per heavy atom. The summed E-state index contributed by atoms with van der Waals surface area (Å²) in [5.74, 6) is -0.172. The Labute approximate surface area is 140 Å². The molecule has 114 valence electrons. The average molecular weight is 343 g/mol. The minimum absolute atomic E-state index is 0.231. The number of rotatable bonds is 1. The molecule has 0 saturated carbocycles. The van der Waals surface area contributed by atoms with Gasteiger partial charge in [-0.2, -0.15) is 4.99 Å². The third kappa shape index (κ3) is 2.38. The summed E-state index contributed by atoms with van der Waals surface area (Å²) in [6, 6.07) is 14.9. The highest BCUT2D eigenvalue weighted by molar-refractivity contribution is 7.16. The number of para-hydroxylation sites is 2. The van der Waals surface area contributed by atoms with Gasteiger partial charge in [0.25, 0.3) is 0 Å². The van der Waals surface area contributed by atoms with Crippen LogP contribution in [0.4, 0.5) is 0 Å². The summed E-state index contributed by atoms with van der Waals surface area (Å²) in [6.07, 6.45) is 0. The molecular formula is C17H11ClN2O2S. The summed E-state index contributed by atoms with van der Waals surface area (Å²) in [5.41, 5.74) is 1.55. The summed E-state index contributed by atoms with van der Waals surface area (Å²) in [4.78, 5) is 17.2. The Bertz CT molecular complexity index is 1090. The molecule has 4 aromatic rings. The van der Waals surface area contributed by atoms with Crippen LogP contribution in [0.2, 0.25) is 5.02 Å². The van der Waals surface area contributed by atoms with Crippen LogP contribution in [0, 0.1) is 0 Å². The smallest absolute Gasteiger partial charge is 0.315 e. The first-order valence-corrected chi connectivity index (χ1v) is 8.14. The minimum Gasteiger partial charge on any atom is -0.451 e. The van der Waals surface area contributed by atoms with Crippen molar-refractivity contribution >= 4 is 50.0 Å². The fourth-order valence-electron chi connectivity index (χ4n) is 2.49. The average Bonchev–Trinajstić information content (AvgIpc) is 3.10. The lowest BCUT2D eigenvalue weighted by Crippen LogP contribution is -2.13. The van der Waals surface area contributed by atoms with E-state index in [-0.39, 0.29) is 5.76 Å². The van der Waals surface area contributed by atoms with Crippen LogP contribution in [0.1, 0.15) is 10.6 Å². The Kier molecular flexibility index (Phi) is 3.32. The number of benzene rings is 2. The number of thiazole rings is 1. The van der Waals surface area contributed by atoms with E-state index in [0.717, 1.165) is 15.6 Å². The zero-order valence-corrected chi connectivity index (χ0v) is 13.7. The Hall–Kier alpha value is -2.37. The molecule has 0 unspecified atom stereocenters. The molecule has 0 aliphatic carbocycles. The number of hydrogen-bond donors (Lipinski definition) is 0. The van der Waals surface area contributed by atoms with Crippen molar-refractivity contribution in [3.8, 4) is 0 Å². The number of carbonyl (C=O) groups excluding carboxylic acids is 1. The van der Waals surface area contributed by atoms with E-state index in [1.54, 1.807) is 6.07 Å². The maximum atomic E-state index is 12.4. The van der Waals surface area contributed by atoms with Crippen molar-refractivity contribution < 1.29 is 9.21 Å². The van der Waals surface area contributed by atoms with Crippen molar-refractivity contribution in [1.82, 2.24) is 4.57 Å². The Morgan fingerprint density at radius 3 is 2.83 bits per heavy atom. The third-order valence-electron chi connectivity index (χ3n) is 3.61. The van der Waals surface area contributed by atoms with Crippen molar-refractivity contribution in [1.29, 1.82) is 0 Å². The first-order chi connectivity index (χ1) is 11.1.